The fraction of sp³-hybridized carbons (Fsp3) is 0.125. The Morgan fingerprint density at radius 3 is 2.95 bits per heavy atom. The summed E-state index contributed by atoms with van der Waals surface area (Å²) in [5, 5.41) is 5.57. The van der Waals surface area contributed by atoms with Gasteiger partial charge in [-0.15, -0.1) is 0 Å². The maximum atomic E-state index is 11.8. The Kier molecular flexibility index (Phi) is 4.13. The van der Waals surface area contributed by atoms with Gasteiger partial charge in [0.25, 0.3) is 0 Å². The highest BCUT2D eigenvalue weighted by molar-refractivity contribution is 7.97. The number of ether oxygens (including phenoxy) is 1. The first-order valence-electron chi connectivity index (χ1n) is 6.85. The maximum Gasteiger partial charge on any atom is 0.338 e. The van der Waals surface area contributed by atoms with Gasteiger partial charge in [0.05, 0.1) is 23.2 Å². The molecular weight excluding hydrogens is 298 g/mol. The van der Waals surface area contributed by atoms with Gasteiger partial charge in [-0.2, -0.15) is 0 Å². The number of benzene rings is 2. The lowest BCUT2D eigenvalue weighted by molar-refractivity contribution is 0.0526. The van der Waals surface area contributed by atoms with E-state index in [0.29, 0.717) is 18.0 Å². The van der Waals surface area contributed by atoms with Crippen LogP contribution in [0.3, 0.4) is 0 Å². The summed E-state index contributed by atoms with van der Waals surface area (Å²) in [6.07, 6.45) is 0. The largest absolute Gasteiger partial charge is 0.462 e. The fourth-order valence-corrected chi connectivity index (χ4v) is 2.54. The normalized spacial score (nSPS) is 10.8. The van der Waals surface area contributed by atoms with E-state index in [0.717, 1.165) is 21.5 Å². The van der Waals surface area contributed by atoms with Crippen molar-refractivity contribution >= 4 is 29.0 Å². The molecular formula is C16H15N3O2S. The zero-order chi connectivity index (χ0) is 15.5. The van der Waals surface area contributed by atoms with Crippen LogP contribution in [0, 0.1) is 0 Å². The van der Waals surface area contributed by atoms with Gasteiger partial charge in [-0.3, -0.25) is 5.14 Å². The predicted octanol–water partition coefficient (Wildman–Crippen LogP) is 3.37. The van der Waals surface area contributed by atoms with Crippen molar-refractivity contribution in [3.63, 3.8) is 0 Å². The van der Waals surface area contributed by atoms with Crippen molar-refractivity contribution in [2.75, 3.05) is 6.61 Å². The van der Waals surface area contributed by atoms with E-state index in [1.807, 2.05) is 30.3 Å². The molecule has 0 atom stereocenters. The van der Waals surface area contributed by atoms with E-state index in [1.165, 1.54) is 11.9 Å². The van der Waals surface area contributed by atoms with Crippen LogP contribution in [0.15, 0.2) is 47.4 Å². The second-order valence-electron chi connectivity index (χ2n) is 4.68. The number of esters is 1. The Bertz CT molecular complexity index is 829. The number of aromatic amines is 1. The lowest BCUT2D eigenvalue weighted by atomic mass is 10.1. The molecule has 0 saturated carbocycles. The fourth-order valence-electron chi connectivity index (χ4n) is 2.21. The molecule has 0 saturated heterocycles. The van der Waals surface area contributed by atoms with E-state index >= 15 is 0 Å². The molecule has 0 aliphatic carbocycles. The van der Waals surface area contributed by atoms with Gasteiger partial charge in [0.2, 0.25) is 0 Å². The van der Waals surface area contributed by atoms with Gasteiger partial charge in [-0.05, 0) is 49.2 Å². The molecule has 0 fully saturated rings. The van der Waals surface area contributed by atoms with Gasteiger partial charge in [0.1, 0.15) is 5.82 Å². The van der Waals surface area contributed by atoms with Crippen molar-refractivity contribution in [2.24, 2.45) is 5.14 Å². The zero-order valence-electron chi connectivity index (χ0n) is 12.0. The smallest absolute Gasteiger partial charge is 0.338 e. The van der Waals surface area contributed by atoms with Crippen molar-refractivity contribution in [1.82, 2.24) is 9.97 Å². The molecule has 3 N–H and O–H groups in total. The summed E-state index contributed by atoms with van der Waals surface area (Å²) in [5.41, 5.74) is 3.11. The third-order valence-corrected chi connectivity index (χ3v) is 3.76. The number of imidazole rings is 1. The summed E-state index contributed by atoms with van der Waals surface area (Å²) in [7, 11) is 0. The highest BCUT2D eigenvalue weighted by Crippen LogP contribution is 2.24. The molecule has 1 heterocycles. The number of carbonyl (C=O) groups is 1. The number of nitrogens with zero attached hydrogens (tertiary/aromatic N) is 1. The highest BCUT2D eigenvalue weighted by Gasteiger charge is 2.10. The first-order chi connectivity index (χ1) is 10.7. The van der Waals surface area contributed by atoms with Crippen LogP contribution < -0.4 is 5.14 Å². The summed E-state index contributed by atoms with van der Waals surface area (Å²) in [6.45, 7) is 2.14. The first-order valence-corrected chi connectivity index (χ1v) is 7.73. The van der Waals surface area contributed by atoms with E-state index in [1.54, 1.807) is 19.1 Å². The van der Waals surface area contributed by atoms with Crippen molar-refractivity contribution < 1.29 is 9.53 Å². The van der Waals surface area contributed by atoms with Gasteiger partial charge in [-0.1, -0.05) is 12.1 Å². The van der Waals surface area contributed by atoms with E-state index in [-0.39, 0.29) is 5.97 Å². The van der Waals surface area contributed by atoms with E-state index < -0.39 is 0 Å². The molecule has 2 aromatic carbocycles. The average Bonchev–Trinajstić information content (AvgIpc) is 2.98. The number of nitrogens with one attached hydrogen (secondary N) is 1. The lowest BCUT2D eigenvalue weighted by Gasteiger charge is -2.03. The zero-order valence-corrected chi connectivity index (χ0v) is 12.8. The molecule has 3 aromatic rings. The van der Waals surface area contributed by atoms with E-state index in [4.69, 9.17) is 9.88 Å². The summed E-state index contributed by atoms with van der Waals surface area (Å²) < 4.78 is 5.02. The minimum absolute atomic E-state index is 0.331. The Morgan fingerprint density at radius 2 is 2.18 bits per heavy atom. The Balaban J connectivity index is 2.00. The number of hydrogen-bond donors (Lipinski definition) is 2. The lowest BCUT2D eigenvalue weighted by Crippen LogP contribution is -2.04. The number of rotatable bonds is 4. The Morgan fingerprint density at radius 1 is 1.32 bits per heavy atom. The number of aromatic nitrogens is 2. The first kappa shape index (κ1) is 14.6. The van der Waals surface area contributed by atoms with Crippen LogP contribution in [0.5, 0.6) is 0 Å². The van der Waals surface area contributed by atoms with Gasteiger partial charge >= 0.3 is 5.97 Å². The molecule has 0 bridgehead atoms. The Hall–Kier alpha value is -2.31. The van der Waals surface area contributed by atoms with Crippen LogP contribution in [-0.2, 0) is 4.74 Å². The van der Waals surface area contributed by atoms with E-state index in [2.05, 4.69) is 9.97 Å². The van der Waals surface area contributed by atoms with Crippen LogP contribution in [0.1, 0.15) is 17.3 Å². The predicted molar refractivity (Wildman–Crippen MR) is 87.5 cm³/mol. The summed E-state index contributed by atoms with van der Waals surface area (Å²) in [4.78, 5) is 20.6. The molecule has 22 heavy (non-hydrogen) atoms. The van der Waals surface area contributed by atoms with Crippen LogP contribution >= 0.6 is 11.9 Å². The van der Waals surface area contributed by atoms with Gasteiger partial charge in [0, 0.05) is 10.5 Å². The number of nitrogens with two attached hydrogens (primary N) is 1. The quantitative estimate of drug-likeness (QED) is 0.570. The molecule has 1 aromatic heterocycles. The molecule has 0 unspecified atom stereocenters. The third-order valence-electron chi connectivity index (χ3n) is 3.24. The summed E-state index contributed by atoms with van der Waals surface area (Å²) >= 11 is 1.19. The van der Waals surface area contributed by atoms with Gasteiger partial charge in [-0.25, -0.2) is 9.78 Å². The molecule has 0 spiro atoms. The van der Waals surface area contributed by atoms with Crippen LogP contribution in [0.4, 0.5) is 0 Å². The number of carbonyl (C=O) groups excluding carboxylic acids is 1. The topological polar surface area (TPSA) is 81.0 Å². The number of hydrogen-bond acceptors (Lipinski definition) is 5. The minimum atomic E-state index is -0.331. The molecule has 0 radical (unpaired) electrons. The summed E-state index contributed by atoms with van der Waals surface area (Å²) in [5.74, 6) is 0.377. The molecule has 6 heteroatoms. The molecule has 0 aliphatic rings. The van der Waals surface area contributed by atoms with Crippen molar-refractivity contribution in [2.45, 2.75) is 11.8 Å². The van der Waals surface area contributed by atoms with Gasteiger partial charge in [0.15, 0.2) is 0 Å². The van der Waals surface area contributed by atoms with Crippen molar-refractivity contribution in [1.29, 1.82) is 0 Å². The van der Waals surface area contributed by atoms with Crippen LogP contribution in [0.2, 0.25) is 0 Å². The third kappa shape index (κ3) is 2.84. The van der Waals surface area contributed by atoms with Crippen LogP contribution in [0.25, 0.3) is 22.4 Å². The van der Waals surface area contributed by atoms with Crippen molar-refractivity contribution in [3.8, 4) is 11.4 Å². The number of fused-ring (bicyclic) bond motifs is 1. The Labute approximate surface area is 132 Å². The maximum absolute atomic E-state index is 11.8. The SMILES string of the molecule is CCOC(=O)c1cccc(-c2nc3ccc(SN)cc3[nH]2)c1. The molecule has 5 nitrogen and oxygen atoms in total. The molecule has 0 amide bonds. The second kappa shape index (κ2) is 6.21. The molecule has 0 aliphatic heterocycles. The summed E-state index contributed by atoms with van der Waals surface area (Å²) in [6, 6.07) is 13.0. The molecule has 3 rings (SSSR count). The number of H-pyrrole nitrogens is 1. The highest BCUT2D eigenvalue weighted by atomic mass is 32.2. The molecule has 112 valence electrons. The second-order valence-corrected chi connectivity index (χ2v) is 5.39. The van der Waals surface area contributed by atoms with E-state index in [9.17, 15) is 4.79 Å². The standard InChI is InChI=1S/C16H15N3O2S/c1-2-21-16(20)11-5-3-4-10(8-11)15-18-13-7-6-12(22-17)9-14(13)19-15/h3-9H,2,17H2,1H3,(H,18,19). The van der Waals surface area contributed by atoms with Crippen molar-refractivity contribution in [3.05, 3.63) is 48.0 Å². The van der Waals surface area contributed by atoms with Gasteiger partial charge < -0.3 is 9.72 Å². The average molecular weight is 313 g/mol. The monoisotopic (exact) mass is 313 g/mol. The van der Waals surface area contributed by atoms with Crippen LogP contribution in [-0.4, -0.2) is 22.5 Å². The minimum Gasteiger partial charge on any atom is -0.462 e.